The fourth-order valence-corrected chi connectivity index (χ4v) is 2.37. The Morgan fingerprint density at radius 1 is 1.35 bits per heavy atom. The van der Waals surface area contributed by atoms with Crippen LogP contribution in [0.3, 0.4) is 0 Å². The van der Waals surface area contributed by atoms with Crippen molar-refractivity contribution in [3.8, 4) is 11.4 Å². The maximum atomic E-state index is 11.5. The first-order chi connectivity index (χ1) is 10.7. The van der Waals surface area contributed by atoms with Crippen LogP contribution < -0.4 is 14.8 Å². The van der Waals surface area contributed by atoms with Crippen LogP contribution in [0.5, 0.6) is 0 Å². The Labute approximate surface area is 131 Å². The molecule has 2 rings (SSSR count). The van der Waals surface area contributed by atoms with Crippen molar-refractivity contribution in [3.05, 3.63) is 17.8 Å². The lowest BCUT2D eigenvalue weighted by Gasteiger charge is -2.10. The minimum atomic E-state index is -3.65. The summed E-state index contributed by atoms with van der Waals surface area (Å²) in [5.41, 5.74) is 1.28. The van der Waals surface area contributed by atoms with Crippen molar-refractivity contribution in [1.29, 1.82) is 0 Å². The summed E-state index contributed by atoms with van der Waals surface area (Å²) in [5.74, 6) is 0.160. The number of nitrogens with one attached hydrogen (secondary N) is 3. The number of amides is 1. The number of anilines is 2. The van der Waals surface area contributed by atoms with Gasteiger partial charge in [-0.3, -0.25) is 10.0 Å². The molecule has 0 fully saturated rings. The van der Waals surface area contributed by atoms with Crippen LogP contribution in [0.2, 0.25) is 0 Å². The van der Waals surface area contributed by atoms with Gasteiger partial charge >= 0.3 is 6.09 Å². The van der Waals surface area contributed by atoms with E-state index in [-0.39, 0.29) is 11.5 Å². The third-order valence-electron chi connectivity index (χ3n) is 2.89. The highest BCUT2D eigenvalue weighted by Crippen LogP contribution is 2.26. The molecule has 4 N–H and O–H groups in total. The molecule has 0 spiro atoms. The number of hydrogen-bond acceptors (Lipinski definition) is 6. The summed E-state index contributed by atoms with van der Waals surface area (Å²) >= 11 is 0. The van der Waals surface area contributed by atoms with E-state index in [0.717, 1.165) is 0 Å². The summed E-state index contributed by atoms with van der Waals surface area (Å²) in [6, 6.07) is 3.02. The second-order valence-corrected chi connectivity index (χ2v) is 6.10. The second-order valence-electron chi connectivity index (χ2n) is 4.48. The number of pyridine rings is 1. The molecule has 0 aliphatic carbocycles. The van der Waals surface area contributed by atoms with Crippen LogP contribution in [-0.4, -0.2) is 46.6 Å². The molecule has 11 nitrogen and oxygen atoms in total. The van der Waals surface area contributed by atoms with Gasteiger partial charge in [0.05, 0.1) is 17.1 Å². The second kappa shape index (κ2) is 6.18. The first kappa shape index (κ1) is 16.6. The zero-order valence-electron chi connectivity index (χ0n) is 12.5. The fraction of sp³-hybridized carbons (Fsp3) is 0.273. The van der Waals surface area contributed by atoms with Gasteiger partial charge in [0.15, 0.2) is 11.5 Å². The van der Waals surface area contributed by atoms with Gasteiger partial charge in [-0.2, -0.15) is 8.42 Å². The SMILES string of the molecule is CNS(=O)(=O)Nc1ccc(-c2nnn(C)c2NC(=O)O)nc1C. The summed E-state index contributed by atoms with van der Waals surface area (Å²) in [5, 5.41) is 18.7. The minimum Gasteiger partial charge on any atom is -0.465 e. The van der Waals surface area contributed by atoms with E-state index in [2.05, 4.69) is 30.1 Å². The predicted octanol–water partition coefficient (Wildman–Crippen LogP) is 0.152. The Morgan fingerprint density at radius 3 is 2.61 bits per heavy atom. The van der Waals surface area contributed by atoms with Crippen LogP contribution in [-0.2, 0) is 17.3 Å². The van der Waals surface area contributed by atoms with Crippen molar-refractivity contribution < 1.29 is 18.3 Å². The normalized spacial score (nSPS) is 11.3. The lowest BCUT2D eigenvalue weighted by Crippen LogP contribution is -2.26. The molecule has 2 heterocycles. The maximum Gasteiger partial charge on any atom is 0.410 e. The molecule has 0 radical (unpaired) electrons. The molecule has 1 amide bonds. The highest BCUT2D eigenvalue weighted by Gasteiger charge is 2.17. The molecule has 0 aromatic carbocycles. The van der Waals surface area contributed by atoms with Gasteiger partial charge in [0.25, 0.3) is 10.2 Å². The van der Waals surface area contributed by atoms with Crippen molar-refractivity contribution in [1.82, 2.24) is 24.7 Å². The highest BCUT2D eigenvalue weighted by atomic mass is 32.2. The Bertz CT molecular complexity index is 846. The van der Waals surface area contributed by atoms with E-state index in [4.69, 9.17) is 5.11 Å². The molecule has 0 aliphatic heterocycles. The topological polar surface area (TPSA) is 151 Å². The number of carbonyl (C=O) groups is 1. The lowest BCUT2D eigenvalue weighted by atomic mass is 10.2. The fourth-order valence-electron chi connectivity index (χ4n) is 1.77. The van der Waals surface area contributed by atoms with Gasteiger partial charge in [0, 0.05) is 14.1 Å². The third kappa shape index (κ3) is 3.73. The average Bonchev–Trinajstić information content (AvgIpc) is 2.82. The largest absolute Gasteiger partial charge is 0.465 e. The van der Waals surface area contributed by atoms with Crippen LogP contribution in [0.1, 0.15) is 5.69 Å². The first-order valence-electron chi connectivity index (χ1n) is 6.32. The van der Waals surface area contributed by atoms with E-state index < -0.39 is 16.3 Å². The third-order valence-corrected chi connectivity index (χ3v) is 3.92. The van der Waals surface area contributed by atoms with Crippen molar-refractivity contribution in [2.75, 3.05) is 17.1 Å². The molecule has 0 unspecified atom stereocenters. The van der Waals surface area contributed by atoms with Crippen molar-refractivity contribution in [2.45, 2.75) is 6.92 Å². The molecule has 0 aliphatic rings. The quantitative estimate of drug-likeness (QED) is 0.604. The molecule has 124 valence electrons. The van der Waals surface area contributed by atoms with Gasteiger partial charge in [-0.05, 0) is 19.1 Å². The molecule has 0 bridgehead atoms. The highest BCUT2D eigenvalue weighted by molar-refractivity contribution is 7.90. The van der Waals surface area contributed by atoms with Gasteiger partial charge in [0.1, 0.15) is 0 Å². The van der Waals surface area contributed by atoms with Crippen LogP contribution in [0.4, 0.5) is 16.3 Å². The molecule has 0 saturated heterocycles. The van der Waals surface area contributed by atoms with E-state index in [1.165, 1.54) is 30.9 Å². The molecule has 0 saturated carbocycles. The summed E-state index contributed by atoms with van der Waals surface area (Å²) in [6.07, 6.45) is -1.26. The van der Waals surface area contributed by atoms with Crippen LogP contribution in [0.15, 0.2) is 12.1 Å². The molecule has 0 atom stereocenters. The Balaban J connectivity index is 2.40. The summed E-state index contributed by atoms with van der Waals surface area (Å²) in [7, 11) is -0.842. The van der Waals surface area contributed by atoms with Gasteiger partial charge in [-0.1, -0.05) is 5.21 Å². The Hall–Kier alpha value is -2.73. The minimum absolute atomic E-state index is 0.160. The average molecular weight is 341 g/mol. The predicted molar refractivity (Wildman–Crippen MR) is 82.2 cm³/mol. The van der Waals surface area contributed by atoms with Crippen LogP contribution in [0, 0.1) is 6.92 Å². The van der Waals surface area contributed by atoms with Gasteiger partial charge < -0.3 is 5.11 Å². The zero-order valence-corrected chi connectivity index (χ0v) is 13.3. The Morgan fingerprint density at radius 2 is 2.04 bits per heavy atom. The number of aromatic nitrogens is 4. The lowest BCUT2D eigenvalue weighted by molar-refractivity contribution is 0.209. The van der Waals surface area contributed by atoms with Gasteiger partial charge in [-0.15, -0.1) is 5.10 Å². The van der Waals surface area contributed by atoms with Crippen molar-refractivity contribution in [3.63, 3.8) is 0 Å². The molecule has 2 aromatic heterocycles. The van der Waals surface area contributed by atoms with E-state index in [0.29, 0.717) is 17.1 Å². The summed E-state index contributed by atoms with van der Waals surface area (Å²) < 4.78 is 28.7. The number of hydrogen-bond donors (Lipinski definition) is 4. The van der Waals surface area contributed by atoms with Crippen molar-refractivity contribution in [2.24, 2.45) is 7.05 Å². The number of carboxylic acid groups (broad SMARTS) is 1. The monoisotopic (exact) mass is 341 g/mol. The van der Waals surface area contributed by atoms with Crippen LogP contribution >= 0.6 is 0 Å². The molecular formula is C11H15N7O4S. The number of nitrogens with zero attached hydrogens (tertiary/aromatic N) is 4. The first-order valence-corrected chi connectivity index (χ1v) is 7.80. The van der Waals surface area contributed by atoms with E-state index >= 15 is 0 Å². The number of aryl methyl sites for hydroxylation is 2. The van der Waals surface area contributed by atoms with Gasteiger partial charge in [-0.25, -0.2) is 19.2 Å². The molecule has 12 heteroatoms. The summed E-state index contributed by atoms with van der Waals surface area (Å²) in [4.78, 5) is 15.1. The standard InChI is InChI=1S/C11H15N7O4S/c1-6-7(16-23(21,22)12-2)4-5-8(13-6)9-10(14-11(19)20)18(3)17-15-9/h4-5,12,14,16H,1-3H3,(H,19,20). The molecule has 2 aromatic rings. The van der Waals surface area contributed by atoms with E-state index in [1.807, 2.05) is 0 Å². The summed E-state index contributed by atoms with van der Waals surface area (Å²) in [6.45, 7) is 1.61. The molecular weight excluding hydrogens is 326 g/mol. The van der Waals surface area contributed by atoms with Crippen molar-refractivity contribution >= 4 is 27.8 Å². The Kier molecular flexibility index (Phi) is 4.47. The number of rotatable bonds is 5. The zero-order chi connectivity index (χ0) is 17.2. The van der Waals surface area contributed by atoms with Crippen LogP contribution in [0.25, 0.3) is 11.4 Å². The van der Waals surface area contributed by atoms with Gasteiger partial charge in [0.2, 0.25) is 0 Å². The maximum absolute atomic E-state index is 11.5. The molecule has 23 heavy (non-hydrogen) atoms. The van der Waals surface area contributed by atoms with E-state index in [1.54, 1.807) is 6.92 Å². The van der Waals surface area contributed by atoms with E-state index in [9.17, 15) is 13.2 Å². The smallest absolute Gasteiger partial charge is 0.410 e.